The lowest BCUT2D eigenvalue weighted by atomic mass is 9.97. The molecule has 4 nitrogen and oxygen atoms in total. The van der Waals surface area contributed by atoms with Crippen LogP contribution in [0.2, 0.25) is 0 Å². The van der Waals surface area contributed by atoms with E-state index < -0.39 is 0 Å². The van der Waals surface area contributed by atoms with Gasteiger partial charge in [-0.25, -0.2) is 0 Å². The molecule has 1 N–H and O–H groups in total. The van der Waals surface area contributed by atoms with Crippen molar-refractivity contribution in [3.8, 4) is 0 Å². The number of unbranched alkanes of at least 4 members (excludes halogenated alkanes) is 1. The van der Waals surface area contributed by atoms with Crippen LogP contribution in [0.4, 0.5) is 5.69 Å². The van der Waals surface area contributed by atoms with E-state index in [-0.39, 0.29) is 5.91 Å². The molecule has 4 heteroatoms. The Bertz CT molecular complexity index is 488. The smallest absolute Gasteiger partial charge is 0.224 e. The minimum atomic E-state index is 0.0436. The topological polar surface area (TPSA) is 49.4 Å². The zero-order chi connectivity index (χ0) is 17.1. The van der Waals surface area contributed by atoms with Crippen LogP contribution in [0.15, 0.2) is 24.3 Å². The first-order valence-corrected chi connectivity index (χ1v) is 8.66. The Morgan fingerprint density at radius 1 is 1.30 bits per heavy atom. The molecule has 1 atom stereocenters. The zero-order valence-corrected chi connectivity index (χ0v) is 14.7. The molecule has 0 aliphatic rings. The highest BCUT2D eigenvalue weighted by atomic mass is 16.1. The highest BCUT2D eigenvalue weighted by Gasteiger charge is 2.10. The molecule has 1 aromatic rings. The van der Waals surface area contributed by atoms with Gasteiger partial charge in [-0.15, -0.1) is 0 Å². The number of hydrogen-bond acceptors (Lipinski definition) is 3. The number of benzene rings is 1. The first-order chi connectivity index (χ1) is 11.1. The van der Waals surface area contributed by atoms with Crippen molar-refractivity contribution in [2.24, 2.45) is 0 Å². The van der Waals surface area contributed by atoms with Crippen molar-refractivity contribution in [3.63, 3.8) is 0 Å². The molecule has 1 aromatic carbocycles. The SMILES string of the molecule is CCC(=O)Nc1cccc(C(C)CCN(CC)CCCC=O)c1. The molecule has 23 heavy (non-hydrogen) atoms. The molecule has 128 valence electrons. The molecule has 0 spiro atoms. The predicted octanol–water partition coefficient (Wildman–Crippen LogP) is 3.83. The Balaban J connectivity index is 2.52. The second kappa shape index (κ2) is 10.9. The molecule has 0 radical (unpaired) electrons. The molecule has 0 saturated heterocycles. The van der Waals surface area contributed by atoms with Crippen LogP contribution < -0.4 is 5.32 Å². The molecular weight excluding hydrogens is 288 g/mol. The van der Waals surface area contributed by atoms with E-state index in [9.17, 15) is 9.59 Å². The summed E-state index contributed by atoms with van der Waals surface area (Å²) in [7, 11) is 0. The Morgan fingerprint density at radius 3 is 2.74 bits per heavy atom. The van der Waals surface area contributed by atoms with Gasteiger partial charge in [-0.05, 0) is 56.1 Å². The van der Waals surface area contributed by atoms with Crippen molar-refractivity contribution < 1.29 is 9.59 Å². The number of nitrogens with zero attached hydrogens (tertiary/aromatic N) is 1. The quantitative estimate of drug-likeness (QED) is 0.498. The van der Waals surface area contributed by atoms with E-state index in [0.717, 1.165) is 44.4 Å². The summed E-state index contributed by atoms with van der Waals surface area (Å²) in [6, 6.07) is 8.12. The van der Waals surface area contributed by atoms with E-state index in [1.54, 1.807) is 0 Å². The molecule has 0 aliphatic heterocycles. The molecule has 0 aliphatic carbocycles. The number of aldehydes is 1. The van der Waals surface area contributed by atoms with E-state index >= 15 is 0 Å². The van der Waals surface area contributed by atoms with Crippen LogP contribution >= 0.6 is 0 Å². The maximum atomic E-state index is 11.5. The summed E-state index contributed by atoms with van der Waals surface area (Å²) in [5, 5.41) is 2.91. The number of hydrogen-bond donors (Lipinski definition) is 1. The second-order valence-electron chi connectivity index (χ2n) is 5.96. The molecule has 0 bridgehead atoms. The summed E-state index contributed by atoms with van der Waals surface area (Å²) in [5.41, 5.74) is 2.13. The third-order valence-electron chi connectivity index (χ3n) is 4.18. The molecule has 1 rings (SSSR count). The summed E-state index contributed by atoms with van der Waals surface area (Å²) in [6.07, 6.45) is 4.13. The summed E-state index contributed by atoms with van der Waals surface area (Å²) in [5.74, 6) is 0.482. The summed E-state index contributed by atoms with van der Waals surface area (Å²) >= 11 is 0. The number of amides is 1. The molecular formula is C19H30N2O2. The van der Waals surface area contributed by atoms with Crippen molar-refractivity contribution in [3.05, 3.63) is 29.8 Å². The van der Waals surface area contributed by atoms with Crippen molar-refractivity contribution in [1.29, 1.82) is 0 Å². The lowest BCUT2D eigenvalue weighted by molar-refractivity contribution is -0.116. The average Bonchev–Trinajstić information content (AvgIpc) is 2.57. The van der Waals surface area contributed by atoms with Crippen molar-refractivity contribution in [2.45, 2.75) is 52.4 Å². The van der Waals surface area contributed by atoms with Crippen LogP contribution in [0.3, 0.4) is 0 Å². The van der Waals surface area contributed by atoms with E-state index in [0.29, 0.717) is 18.8 Å². The van der Waals surface area contributed by atoms with Crippen LogP contribution in [-0.4, -0.2) is 36.7 Å². The van der Waals surface area contributed by atoms with Crippen molar-refractivity contribution in [1.82, 2.24) is 4.90 Å². The number of carbonyl (C=O) groups is 2. The van der Waals surface area contributed by atoms with Gasteiger partial charge in [0.2, 0.25) is 5.91 Å². The standard InChI is InChI=1S/C19H30N2O2/c1-4-19(23)20-18-10-8-9-17(15-18)16(3)11-13-21(5-2)12-6-7-14-22/h8-10,14-16H,4-7,11-13H2,1-3H3,(H,20,23). The van der Waals surface area contributed by atoms with Gasteiger partial charge in [0.25, 0.3) is 0 Å². The van der Waals surface area contributed by atoms with Crippen molar-refractivity contribution in [2.75, 3.05) is 25.0 Å². The van der Waals surface area contributed by atoms with E-state index in [1.807, 2.05) is 19.1 Å². The molecule has 0 saturated carbocycles. The number of nitrogens with one attached hydrogen (secondary N) is 1. The molecule has 0 heterocycles. The Kier molecular flexibility index (Phi) is 9.22. The van der Waals surface area contributed by atoms with Gasteiger partial charge in [0.1, 0.15) is 6.29 Å². The monoisotopic (exact) mass is 318 g/mol. The Morgan fingerprint density at radius 2 is 2.09 bits per heavy atom. The van der Waals surface area contributed by atoms with Crippen LogP contribution in [0, 0.1) is 0 Å². The predicted molar refractivity (Wildman–Crippen MR) is 95.8 cm³/mol. The first-order valence-electron chi connectivity index (χ1n) is 8.66. The van der Waals surface area contributed by atoms with Gasteiger partial charge in [-0.2, -0.15) is 0 Å². The van der Waals surface area contributed by atoms with Crippen LogP contribution in [0.1, 0.15) is 57.9 Å². The van der Waals surface area contributed by atoms with Crippen molar-refractivity contribution >= 4 is 17.9 Å². The van der Waals surface area contributed by atoms with Crippen LogP contribution in [0.5, 0.6) is 0 Å². The maximum absolute atomic E-state index is 11.5. The van der Waals surface area contributed by atoms with Gasteiger partial charge in [0.05, 0.1) is 0 Å². The lowest BCUT2D eigenvalue weighted by Gasteiger charge is -2.22. The molecule has 0 aromatic heterocycles. The number of rotatable bonds is 11. The van der Waals surface area contributed by atoms with E-state index in [1.165, 1.54) is 5.56 Å². The van der Waals surface area contributed by atoms with Gasteiger partial charge in [0.15, 0.2) is 0 Å². The van der Waals surface area contributed by atoms with Gasteiger partial charge in [-0.3, -0.25) is 4.79 Å². The van der Waals surface area contributed by atoms with Gasteiger partial charge in [0, 0.05) is 18.5 Å². The third-order valence-corrected chi connectivity index (χ3v) is 4.18. The second-order valence-corrected chi connectivity index (χ2v) is 5.96. The van der Waals surface area contributed by atoms with Gasteiger partial charge < -0.3 is 15.0 Å². The minimum absolute atomic E-state index is 0.0436. The van der Waals surface area contributed by atoms with E-state index in [2.05, 4.69) is 36.2 Å². The molecule has 0 fully saturated rings. The third kappa shape index (κ3) is 7.42. The van der Waals surface area contributed by atoms with Crippen LogP contribution in [0.25, 0.3) is 0 Å². The fourth-order valence-electron chi connectivity index (χ4n) is 2.54. The van der Waals surface area contributed by atoms with E-state index in [4.69, 9.17) is 0 Å². The van der Waals surface area contributed by atoms with Gasteiger partial charge >= 0.3 is 0 Å². The van der Waals surface area contributed by atoms with Gasteiger partial charge in [-0.1, -0.05) is 32.9 Å². The minimum Gasteiger partial charge on any atom is -0.326 e. The molecule has 1 unspecified atom stereocenters. The normalized spacial score (nSPS) is 12.2. The lowest BCUT2D eigenvalue weighted by Crippen LogP contribution is -2.26. The summed E-state index contributed by atoms with van der Waals surface area (Å²) in [6.45, 7) is 9.26. The fraction of sp³-hybridized carbons (Fsp3) is 0.579. The largest absolute Gasteiger partial charge is 0.326 e. The zero-order valence-electron chi connectivity index (χ0n) is 14.7. The Hall–Kier alpha value is -1.68. The maximum Gasteiger partial charge on any atom is 0.224 e. The highest BCUT2D eigenvalue weighted by Crippen LogP contribution is 2.22. The molecule has 1 amide bonds. The highest BCUT2D eigenvalue weighted by molar-refractivity contribution is 5.90. The summed E-state index contributed by atoms with van der Waals surface area (Å²) in [4.78, 5) is 24.3. The fourth-order valence-corrected chi connectivity index (χ4v) is 2.54. The first kappa shape index (κ1) is 19.4. The van der Waals surface area contributed by atoms with Crippen LogP contribution in [-0.2, 0) is 9.59 Å². The average molecular weight is 318 g/mol. The number of carbonyl (C=O) groups excluding carboxylic acids is 2. The Labute approximate surface area is 140 Å². The summed E-state index contributed by atoms with van der Waals surface area (Å²) < 4.78 is 0. The number of anilines is 1.